The lowest BCUT2D eigenvalue weighted by Gasteiger charge is -2.45. The number of benzene rings is 6. The van der Waals surface area contributed by atoms with E-state index < -0.39 is 23.4 Å². The Morgan fingerprint density at radius 2 is 1.29 bits per heavy atom. The molecule has 0 N–H and O–H groups in total. The SMILES string of the molecule is COCCCN1CCOc2ccc(CO[C@H]3CN(S(=O)(=O)c4ccc(C)cc4)C[C@@H](C[P+](c4ccccc4)(c4ccccc4)c4ccccc4)[C@@H]3c3ccc(COCCOC)cc3)cc21.[Br-]. The first kappa shape index (κ1) is 49.5. The molecule has 1 saturated heterocycles. The van der Waals surface area contributed by atoms with E-state index in [-0.39, 0.29) is 40.3 Å². The second kappa shape index (κ2) is 23.5. The van der Waals surface area contributed by atoms with Gasteiger partial charge in [-0.1, -0.05) is 103 Å². The number of rotatable bonds is 20. The molecular formula is C54H62BrN2O7PS. The van der Waals surface area contributed by atoms with Crippen molar-refractivity contribution in [1.82, 2.24) is 4.31 Å². The zero-order valence-corrected chi connectivity index (χ0v) is 41.5. The first-order chi connectivity index (χ1) is 31.8. The highest BCUT2D eigenvalue weighted by molar-refractivity contribution is 7.95. The van der Waals surface area contributed by atoms with Crippen molar-refractivity contribution in [2.24, 2.45) is 5.92 Å². The minimum atomic E-state index is -3.93. The van der Waals surface area contributed by atoms with Crippen molar-refractivity contribution < 1.29 is 49.1 Å². The Hall–Kier alpha value is -4.42. The van der Waals surface area contributed by atoms with Gasteiger partial charge in [0.25, 0.3) is 0 Å². The van der Waals surface area contributed by atoms with E-state index in [2.05, 4.69) is 132 Å². The largest absolute Gasteiger partial charge is 1.00 e. The highest BCUT2D eigenvalue weighted by Gasteiger charge is 2.52. The summed E-state index contributed by atoms with van der Waals surface area (Å²) in [7, 11) is -2.96. The zero-order valence-electron chi connectivity index (χ0n) is 38.2. The molecule has 6 aromatic rings. The van der Waals surface area contributed by atoms with Gasteiger partial charge in [0.05, 0.1) is 55.8 Å². The Morgan fingerprint density at radius 1 is 0.682 bits per heavy atom. The van der Waals surface area contributed by atoms with Crippen LogP contribution in [-0.2, 0) is 42.2 Å². The van der Waals surface area contributed by atoms with Crippen LogP contribution in [0.2, 0.25) is 0 Å². The molecule has 12 heteroatoms. The van der Waals surface area contributed by atoms with Crippen LogP contribution in [0, 0.1) is 12.8 Å². The zero-order chi connectivity index (χ0) is 45.1. The molecule has 0 amide bonds. The van der Waals surface area contributed by atoms with Crippen LogP contribution in [0.25, 0.3) is 0 Å². The summed E-state index contributed by atoms with van der Waals surface area (Å²) in [4.78, 5) is 2.65. The number of ether oxygens (including phenoxy) is 5. The van der Waals surface area contributed by atoms with E-state index in [0.29, 0.717) is 52.3 Å². The maximum atomic E-state index is 15.0. The number of piperidine rings is 1. The molecule has 2 aliphatic heterocycles. The standard InChI is InChI=1S/C54H62N2O7PS.BrH/c1-42-20-27-50(28-21-42)65(57,58)56-37-46(41-64(47-14-7-4-8-15-47,48-16-9-5-10-17-48)49-18-11-6-12-19-49)54(45-25-22-43(23-26-45)39-61-35-34-60-3)53(38-56)63-40-44-24-29-52-51(36-44)55(31-33-62-52)30-13-32-59-2;/h4-12,14-29,36,46,53-54H,13,30-35,37-41H2,1-3H3;1H/q+1;/p-1/t46-,53-,54-;/m0./s1. The molecule has 2 heterocycles. The van der Waals surface area contributed by atoms with Gasteiger partial charge in [0.1, 0.15) is 35.5 Å². The number of aryl methyl sites for hydroxylation is 1. The second-order valence-corrected chi connectivity index (χ2v) is 22.5. The number of hydrogen-bond acceptors (Lipinski definition) is 8. The maximum absolute atomic E-state index is 15.0. The average Bonchev–Trinajstić information content (AvgIpc) is 3.35. The topological polar surface area (TPSA) is 86.8 Å². The molecule has 9 nitrogen and oxygen atoms in total. The molecule has 6 aromatic carbocycles. The van der Waals surface area contributed by atoms with Crippen molar-refractivity contribution in [2.75, 3.05) is 77.9 Å². The fourth-order valence-corrected chi connectivity index (χ4v) is 15.6. The monoisotopic (exact) mass is 992 g/mol. The van der Waals surface area contributed by atoms with Gasteiger partial charge in [0.2, 0.25) is 10.0 Å². The molecule has 0 aromatic heterocycles. The number of sulfonamides is 1. The molecule has 3 atom stereocenters. The lowest BCUT2D eigenvalue weighted by Crippen LogP contribution is -3.00. The first-order valence-corrected chi connectivity index (χ1v) is 26.1. The molecule has 1 fully saturated rings. The Balaban J connectivity index is 0.00000648. The van der Waals surface area contributed by atoms with Crippen LogP contribution in [0.3, 0.4) is 0 Å². The minimum absolute atomic E-state index is 0. The van der Waals surface area contributed by atoms with Gasteiger partial charge in [-0.05, 0) is 90.7 Å². The van der Waals surface area contributed by atoms with Gasteiger partial charge in [-0.25, -0.2) is 8.42 Å². The fraction of sp³-hybridized carbons (Fsp3) is 0.333. The second-order valence-electron chi connectivity index (χ2n) is 17.0. The fourth-order valence-electron chi connectivity index (χ4n) is 9.51. The van der Waals surface area contributed by atoms with Crippen LogP contribution in [0.4, 0.5) is 5.69 Å². The van der Waals surface area contributed by atoms with Gasteiger partial charge in [-0.15, -0.1) is 0 Å². The van der Waals surface area contributed by atoms with Crippen molar-refractivity contribution in [3.8, 4) is 5.75 Å². The van der Waals surface area contributed by atoms with Gasteiger partial charge in [0.15, 0.2) is 0 Å². The van der Waals surface area contributed by atoms with Crippen LogP contribution in [-0.4, -0.2) is 91.8 Å². The van der Waals surface area contributed by atoms with E-state index in [4.69, 9.17) is 23.7 Å². The van der Waals surface area contributed by atoms with E-state index in [9.17, 15) is 0 Å². The van der Waals surface area contributed by atoms with Gasteiger partial charge < -0.3 is 45.6 Å². The van der Waals surface area contributed by atoms with Gasteiger partial charge in [-0.3, -0.25) is 0 Å². The third-order valence-corrected chi connectivity index (χ3v) is 19.2. The lowest BCUT2D eigenvalue weighted by atomic mass is 9.80. The molecule has 8 rings (SSSR count). The van der Waals surface area contributed by atoms with Gasteiger partial charge >= 0.3 is 0 Å². The smallest absolute Gasteiger partial charge is 0.243 e. The van der Waals surface area contributed by atoms with Crippen molar-refractivity contribution in [1.29, 1.82) is 0 Å². The number of anilines is 1. The summed E-state index contributed by atoms with van der Waals surface area (Å²) in [6.45, 7) is 7.27. The van der Waals surface area contributed by atoms with Crippen molar-refractivity contribution in [3.63, 3.8) is 0 Å². The van der Waals surface area contributed by atoms with Gasteiger partial charge in [0, 0.05) is 52.3 Å². The molecule has 0 saturated carbocycles. The quantitative estimate of drug-likeness (QED) is 0.0746. The van der Waals surface area contributed by atoms with Gasteiger partial charge in [-0.2, -0.15) is 4.31 Å². The predicted molar refractivity (Wildman–Crippen MR) is 263 cm³/mol. The molecule has 0 unspecified atom stereocenters. The third kappa shape index (κ3) is 11.5. The van der Waals surface area contributed by atoms with Crippen LogP contribution in [0.1, 0.15) is 34.6 Å². The predicted octanol–water partition coefficient (Wildman–Crippen LogP) is 5.38. The third-order valence-electron chi connectivity index (χ3n) is 12.8. The van der Waals surface area contributed by atoms with E-state index in [1.54, 1.807) is 30.7 Å². The number of nitrogens with zero attached hydrogens (tertiary/aromatic N) is 2. The Morgan fingerprint density at radius 3 is 1.89 bits per heavy atom. The molecule has 348 valence electrons. The number of methoxy groups -OCH3 is 2. The lowest BCUT2D eigenvalue weighted by molar-refractivity contribution is -0.0222. The van der Waals surface area contributed by atoms with E-state index in [1.807, 2.05) is 25.1 Å². The van der Waals surface area contributed by atoms with Crippen LogP contribution >= 0.6 is 7.26 Å². The average molecular weight is 994 g/mol. The molecule has 0 bridgehead atoms. The molecule has 66 heavy (non-hydrogen) atoms. The molecular weight excluding hydrogens is 932 g/mol. The van der Waals surface area contributed by atoms with Crippen molar-refractivity contribution >= 4 is 38.9 Å². The number of hydrogen-bond donors (Lipinski definition) is 0. The van der Waals surface area contributed by atoms with E-state index in [1.165, 1.54) is 15.9 Å². The summed E-state index contributed by atoms with van der Waals surface area (Å²) in [6.07, 6.45) is 1.13. The Labute approximate surface area is 403 Å². The molecule has 0 radical (unpaired) electrons. The van der Waals surface area contributed by atoms with Crippen LogP contribution in [0.5, 0.6) is 5.75 Å². The highest BCUT2D eigenvalue weighted by atomic mass is 79.9. The summed E-state index contributed by atoms with van der Waals surface area (Å²) >= 11 is 0. The summed E-state index contributed by atoms with van der Waals surface area (Å²) in [5, 5.41) is 3.76. The van der Waals surface area contributed by atoms with Crippen molar-refractivity contribution in [3.05, 3.63) is 180 Å². The molecule has 0 spiro atoms. The Bertz CT molecular complexity index is 2420. The Kier molecular flexibility index (Phi) is 17.6. The van der Waals surface area contributed by atoms with Crippen LogP contribution < -0.4 is 42.5 Å². The summed E-state index contributed by atoms with van der Waals surface area (Å²) in [5.74, 6) is 0.530. The van der Waals surface area contributed by atoms with E-state index >= 15 is 8.42 Å². The minimum Gasteiger partial charge on any atom is -1.00 e. The highest BCUT2D eigenvalue weighted by Crippen LogP contribution is 2.59. The molecule has 2 aliphatic rings. The van der Waals surface area contributed by atoms with Crippen molar-refractivity contribution in [2.45, 2.75) is 43.5 Å². The first-order valence-electron chi connectivity index (χ1n) is 22.7. The maximum Gasteiger partial charge on any atom is 0.243 e. The summed E-state index contributed by atoms with van der Waals surface area (Å²) in [5.41, 5.74) is 5.22. The van der Waals surface area contributed by atoms with E-state index in [0.717, 1.165) is 53.2 Å². The molecule has 0 aliphatic carbocycles. The van der Waals surface area contributed by atoms with Crippen LogP contribution in [0.15, 0.2) is 163 Å². The number of halogens is 1. The number of fused-ring (bicyclic) bond motifs is 1. The summed E-state index contributed by atoms with van der Waals surface area (Å²) < 4.78 is 61.6. The normalized spacial score (nSPS) is 17.7. The summed E-state index contributed by atoms with van der Waals surface area (Å²) in [6, 6.07) is 54.8.